The van der Waals surface area contributed by atoms with Gasteiger partial charge in [-0.25, -0.2) is 0 Å². The van der Waals surface area contributed by atoms with Crippen molar-refractivity contribution in [3.8, 4) is 11.5 Å². The van der Waals surface area contributed by atoms with E-state index in [0.29, 0.717) is 18.8 Å². The summed E-state index contributed by atoms with van der Waals surface area (Å²) in [5.74, 6) is 1.47. The summed E-state index contributed by atoms with van der Waals surface area (Å²) in [4.78, 5) is 28.8. The molecule has 1 spiro atoms. The first kappa shape index (κ1) is 20.0. The molecular formula is C28H25NO4. The highest BCUT2D eigenvalue weighted by Gasteiger charge is 2.57. The molecule has 0 aliphatic carbocycles. The van der Waals surface area contributed by atoms with Gasteiger partial charge in [0.2, 0.25) is 5.91 Å². The van der Waals surface area contributed by atoms with Crippen LogP contribution in [0.4, 0.5) is 5.69 Å². The van der Waals surface area contributed by atoms with Crippen molar-refractivity contribution in [2.75, 3.05) is 24.7 Å². The number of amides is 1. The van der Waals surface area contributed by atoms with Crippen LogP contribution in [0.1, 0.15) is 33.4 Å². The molecule has 1 amide bonds. The smallest absolute Gasteiger partial charge is 0.246 e. The van der Waals surface area contributed by atoms with Crippen LogP contribution in [-0.2, 0) is 27.8 Å². The van der Waals surface area contributed by atoms with Crippen LogP contribution < -0.4 is 14.4 Å². The molecule has 5 heteroatoms. The van der Waals surface area contributed by atoms with Gasteiger partial charge in [-0.05, 0) is 53.8 Å². The van der Waals surface area contributed by atoms with Crippen LogP contribution in [0.2, 0.25) is 0 Å². The molecule has 0 bridgehead atoms. The molecule has 0 fully saturated rings. The number of hydrogen-bond acceptors (Lipinski definition) is 4. The highest BCUT2D eigenvalue weighted by molar-refractivity contribution is 6.14. The quantitative estimate of drug-likeness (QED) is 0.615. The summed E-state index contributed by atoms with van der Waals surface area (Å²) in [5.41, 5.74) is 6.09. The topological polar surface area (TPSA) is 55.8 Å². The van der Waals surface area contributed by atoms with Gasteiger partial charge in [0.05, 0.1) is 13.2 Å². The Labute approximate surface area is 192 Å². The fourth-order valence-electron chi connectivity index (χ4n) is 5.45. The Bertz CT molecular complexity index is 1330. The Morgan fingerprint density at radius 2 is 1.85 bits per heavy atom. The minimum Gasteiger partial charge on any atom is -0.493 e. The van der Waals surface area contributed by atoms with Crippen LogP contribution in [0.5, 0.6) is 11.5 Å². The van der Waals surface area contributed by atoms with Gasteiger partial charge in [-0.2, -0.15) is 0 Å². The fourth-order valence-corrected chi connectivity index (χ4v) is 5.45. The Morgan fingerprint density at radius 3 is 2.73 bits per heavy atom. The number of rotatable bonds is 4. The molecule has 1 unspecified atom stereocenters. The number of carbonyl (C=O) groups is 2. The average molecular weight is 440 g/mol. The summed E-state index contributed by atoms with van der Waals surface area (Å²) in [6.07, 6.45) is 1.14. The van der Waals surface area contributed by atoms with Crippen molar-refractivity contribution in [1.82, 2.24) is 0 Å². The molecule has 3 heterocycles. The maximum absolute atomic E-state index is 14.0. The van der Waals surface area contributed by atoms with E-state index in [9.17, 15) is 9.59 Å². The van der Waals surface area contributed by atoms with E-state index in [-0.39, 0.29) is 24.8 Å². The van der Waals surface area contributed by atoms with E-state index in [2.05, 4.69) is 6.07 Å². The lowest BCUT2D eigenvalue weighted by atomic mass is 9.76. The Hall–Kier alpha value is -3.60. The number of fused-ring (bicyclic) bond motifs is 5. The summed E-state index contributed by atoms with van der Waals surface area (Å²) < 4.78 is 11.8. The first-order valence-corrected chi connectivity index (χ1v) is 11.4. The fraction of sp³-hybridized carbons (Fsp3) is 0.286. The van der Waals surface area contributed by atoms with Crippen LogP contribution in [0, 0.1) is 13.8 Å². The van der Waals surface area contributed by atoms with Gasteiger partial charge in [0.25, 0.3) is 0 Å². The van der Waals surface area contributed by atoms with Crippen LogP contribution in [0.3, 0.4) is 0 Å². The van der Waals surface area contributed by atoms with Crippen LogP contribution in [0.25, 0.3) is 0 Å². The highest BCUT2D eigenvalue weighted by atomic mass is 16.5. The summed E-state index contributed by atoms with van der Waals surface area (Å²) >= 11 is 0. The number of aryl methyl sites for hydroxylation is 1. The van der Waals surface area contributed by atoms with Gasteiger partial charge < -0.3 is 14.4 Å². The third-order valence-electron chi connectivity index (χ3n) is 7.40. The lowest BCUT2D eigenvalue weighted by Crippen LogP contribution is -2.44. The van der Waals surface area contributed by atoms with Gasteiger partial charge in [0, 0.05) is 30.2 Å². The summed E-state index contributed by atoms with van der Waals surface area (Å²) in [6, 6.07) is 17.8. The molecule has 3 aliphatic heterocycles. The average Bonchev–Trinajstić information content (AvgIpc) is 3.48. The molecule has 166 valence electrons. The number of ether oxygens (including phenoxy) is 2. The minimum atomic E-state index is -0.914. The van der Waals surface area contributed by atoms with Crippen molar-refractivity contribution in [2.24, 2.45) is 0 Å². The summed E-state index contributed by atoms with van der Waals surface area (Å²) in [5, 5.41) is 0. The second-order valence-electron chi connectivity index (χ2n) is 9.23. The van der Waals surface area contributed by atoms with Gasteiger partial charge in [-0.15, -0.1) is 0 Å². The van der Waals surface area contributed by atoms with E-state index in [0.717, 1.165) is 51.2 Å². The largest absolute Gasteiger partial charge is 0.493 e. The molecular weight excluding hydrogens is 414 g/mol. The maximum Gasteiger partial charge on any atom is 0.246 e. The normalized spacial score (nSPS) is 19.8. The molecule has 0 N–H and O–H groups in total. The number of ketones is 1. The predicted molar refractivity (Wildman–Crippen MR) is 125 cm³/mol. The molecule has 0 aromatic heterocycles. The molecule has 33 heavy (non-hydrogen) atoms. The van der Waals surface area contributed by atoms with E-state index in [1.54, 1.807) is 4.90 Å². The molecule has 3 aromatic rings. The predicted octanol–water partition coefficient (Wildman–Crippen LogP) is 4.08. The number of para-hydroxylation sites is 1. The lowest BCUT2D eigenvalue weighted by molar-refractivity contribution is -0.124. The Balaban J connectivity index is 1.37. The first-order chi connectivity index (χ1) is 16.0. The van der Waals surface area contributed by atoms with Crippen molar-refractivity contribution in [1.29, 1.82) is 0 Å². The molecule has 0 saturated heterocycles. The van der Waals surface area contributed by atoms with E-state index in [1.165, 1.54) is 0 Å². The number of Topliss-reactive ketones (excluding diaryl/α,β-unsaturated/α-hetero) is 1. The van der Waals surface area contributed by atoms with Crippen molar-refractivity contribution in [3.63, 3.8) is 0 Å². The van der Waals surface area contributed by atoms with Gasteiger partial charge in [0.15, 0.2) is 5.78 Å². The number of carbonyl (C=O) groups excluding carboxylic acids is 2. The zero-order valence-corrected chi connectivity index (χ0v) is 18.8. The molecule has 3 aliphatic rings. The van der Waals surface area contributed by atoms with Crippen LogP contribution >= 0.6 is 0 Å². The second kappa shape index (κ2) is 7.20. The molecule has 5 nitrogen and oxygen atoms in total. The van der Waals surface area contributed by atoms with Crippen molar-refractivity contribution in [3.05, 3.63) is 88.0 Å². The minimum absolute atomic E-state index is 0.0189. The third kappa shape index (κ3) is 2.85. The van der Waals surface area contributed by atoms with E-state index in [1.807, 2.05) is 62.4 Å². The van der Waals surface area contributed by atoms with Crippen molar-refractivity contribution < 1.29 is 19.1 Å². The Morgan fingerprint density at radius 1 is 1.00 bits per heavy atom. The number of anilines is 1. The molecule has 1 atom stereocenters. The summed E-state index contributed by atoms with van der Waals surface area (Å²) in [6.45, 7) is 5.02. The van der Waals surface area contributed by atoms with Crippen LogP contribution in [-0.4, -0.2) is 31.4 Å². The zero-order valence-electron chi connectivity index (χ0n) is 18.8. The van der Waals surface area contributed by atoms with Crippen LogP contribution in [0.15, 0.2) is 54.6 Å². The van der Waals surface area contributed by atoms with E-state index >= 15 is 0 Å². The molecule has 0 radical (unpaired) electrons. The Kier molecular flexibility index (Phi) is 4.37. The van der Waals surface area contributed by atoms with Crippen molar-refractivity contribution in [2.45, 2.75) is 32.1 Å². The van der Waals surface area contributed by atoms with Crippen molar-refractivity contribution >= 4 is 17.4 Å². The third-order valence-corrected chi connectivity index (χ3v) is 7.40. The van der Waals surface area contributed by atoms with E-state index in [4.69, 9.17) is 9.47 Å². The number of benzene rings is 3. The second-order valence-corrected chi connectivity index (χ2v) is 9.23. The maximum atomic E-state index is 14.0. The number of nitrogens with zero attached hydrogens (tertiary/aromatic N) is 1. The molecule has 3 aromatic carbocycles. The zero-order chi connectivity index (χ0) is 22.7. The molecule has 6 rings (SSSR count). The standard InChI is InChI=1S/C28H25NO4/c1-17-6-5-7-19(18(17)2)12-21(30)15-29-24-9-4-3-8-22(24)28(27(29)31)16-33-26-14-25-20(10-11-32-25)13-23(26)28/h3-9,13-14H,10-12,15-16H2,1-2H3. The first-order valence-electron chi connectivity index (χ1n) is 11.4. The molecule has 0 saturated carbocycles. The van der Waals surface area contributed by atoms with Gasteiger partial charge >= 0.3 is 0 Å². The SMILES string of the molecule is Cc1cccc(CC(=O)CN2C(=O)C3(COc4cc5c(cc43)CCO5)c3ccccc32)c1C. The lowest BCUT2D eigenvalue weighted by Gasteiger charge is -2.23. The van der Waals surface area contributed by atoms with Gasteiger partial charge in [-0.3, -0.25) is 9.59 Å². The summed E-state index contributed by atoms with van der Waals surface area (Å²) in [7, 11) is 0. The van der Waals surface area contributed by atoms with E-state index < -0.39 is 5.41 Å². The highest BCUT2D eigenvalue weighted by Crippen LogP contribution is 2.53. The monoisotopic (exact) mass is 439 g/mol. The van der Waals surface area contributed by atoms with Gasteiger partial charge in [0.1, 0.15) is 23.5 Å². The number of hydrogen-bond donors (Lipinski definition) is 0. The van der Waals surface area contributed by atoms with Gasteiger partial charge in [-0.1, -0.05) is 36.4 Å².